The summed E-state index contributed by atoms with van der Waals surface area (Å²) in [6.07, 6.45) is 0.984. The molecule has 0 radical (unpaired) electrons. The first-order valence-electron chi connectivity index (χ1n) is 6.74. The van der Waals surface area contributed by atoms with E-state index >= 15 is 0 Å². The van der Waals surface area contributed by atoms with Crippen LogP contribution in [0.4, 0.5) is 5.95 Å². The summed E-state index contributed by atoms with van der Waals surface area (Å²) < 4.78 is 1.84. The Morgan fingerprint density at radius 2 is 2.16 bits per heavy atom. The zero-order chi connectivity index (χ0) is 14.0. The van der Waals surface area contributed by atoms with E-state index in [2.05, 4.69) is 36.2 Å². The molecule has 19 heavy (non-hydrogen) atoms. The van der Waals surface area contributed by atoms with Gasteiger partial charge in [-0.3, -0.25) is 0 Å². The van der Waals surface area contributed by atoms with E-state index in [-0.39, 0.29) is 5.54 Å². The molecule has 2 aromatic heterocycles. The number of aryl methyl sites for hydroxylation is 1. The van der Waals surface area contributed by atoms with Crippen LogP contribution < -0.4 is 11.1 Å². The number of hydrogen-bond acceptors (Lipinski definition) is 4. The quantitative estimate of drug-likeness (QED) is 0.866. The van der Waals surface area contributed by atoms with Gasteiger partial charge in [0.1, 0.15) is 0 Å². The minimum Gasteiger partial charge on any atom is -0.346 e. The third-order valence-electron chi connectivity index (χ3n) is 3.27. The molecule has 0 saturated carbocycles. The summed E-state index contributed by atoms with van der Waals surface area (Å²) in [5, 5.41) is 7.88. The monoisotopic (exact) mass is 261 g/mol. The molecule has 0 aliphatic rings. The van der Waals surface area contributed by atoms with Crippen molar-refractivity contribution in [2.75, 3.05) is 11.9 Å². The molecule has 0 bridgehead atoms. The molecule has 5 nitrogen and oxygen atoms in total. The van der Waals surface area contributed by atoms with Crippen LogP contribution in [0, 0.1) is 12.8 Å². The average Bonchev–Trinajstić information content (AvgIpc) is 2.71. The molecule has 5 heteroatoms. The maximum atomic E-state index is 5.90. The third-order valence-corrected chi connectivity index (χ3v) is 3.27. The molecule has 0 fully saturated rings. The maximum absolute atomic E-state index is 5.90. The van der Waals surface area contributed by atoms with Crippen molar-refractivity contribution < 1.29 is 0 Å². The number of rotatable bonds is 5. The Balaban J connectivity index is 2.27. The molecular weight excluding hydrogens is 238 g/mol. The first-order valence-corrected chi connectivity index (χ1v) is 6.74. The molecule has 2 aromatic rings. The highest BCUT2D eigenvalue weighted by Gasteiger charge is 2.25. The van der Waals surface area contributed by atoms with Gasteiger partial charge in [-0.1, -0.05) is 19.9 Å². The fourth-order valence-corrected chi connectivity index (χ4v) is 2.44. The van der Waals surface area contributed by atoms with E-state index in [0.717, 1.165) is 17.8 Å². The van der Waals surface area contributed by atoms with Gasteiger partial charge < -0.3 is 11.1 Å². The Morgan fingerprint density at radius 1 is 1.42 bits per heavy atom. The normalized spacial score (nSPS) is 14.8. The first-order chi connectivity index (χ1) is 8.93. The number of aromatic nitrogens is 3. The summed E-state index contributed by atoms with van der Waals surface area (Å²) in [7, 11) is 0. The summed E-state index contributed by atoms with van der Waals surface area (Å²) >= 11 is 0. The summed E-state index contributed by atoms with van der Waals surface area (Å²) in [4.78, 5) is 4.50. The van der Waals surface area contributed by atoms with Crippen molar-refractivity contribution in [1.29, 1.82) is 0 Å². The maximum Gasteiger partial charge on any atom is 0.243 e. The topological polar surface area (TPSA) is 68.2 Å². The fraction of sp³-hybridized carbons (Fsp3) is 0.571. The molecule has 0 aliphatic heterocycles. The molecular formula is C14H23N5. The van der Waals surface area contributed by atoms with Crippen LogP contribution in [0.5, 0.6) is 0 Å². The highest BCUT2D eigenvalue weighted by atomic mass is 15.4. The number of nitrogens with zero attached hydrogens (tertiary/aromatic N) is 3. The minimum absolute atomic E-state index is 0.174. The van der Waals surface area contributed by atoms with Gasteiger partial charge in [-0.25, -0.2) is 4.52 Å². The van der Waals surface area contributed by atoms with Crippen molar-refractivity contribution in [2.45, 2.75) is 39.7 Å². The molecule has 104 valence electrons. The van der Waals surface area contributed by atoms with E-state index in [0.29, 0.717) is 18.4 Å². The minimum atomic E-state index is -0.174. The van der Waals surface area contributed by atoms with Crippen LogP contribution >= 0.6 is 0 Å². The van der Waals surface area contributed by atoms with Gasteiger partial charge in [0.15, 0.2) is 5.65 Å². The van der Waals surface area contributed by atoms with Gasteiger partial charge in [0.25, 0.3) is 0 Å². The van der Waals surface area contributed by atoms with E-state index in [1.54, 1.807) is 0 Å². The van der Waals surface area contributed by atoms with E-state index in [1.807, 2.05) is 29.6 Å². The summed E-state index contributed by atoms with van der Waals surface area (Å²) in [6.45, 7) is 9.07. The van der Waals surface area contributed by atoms with Crippen molar-refractivity contribution in [3.05, 3.63) is 23.9 Å². The van der Waals surface area contributed by atoms with Crippen LogP contribution in [0.1, 0.15) is 32.9 Å². The predicted molar refractivity (Wildman–Crippen MR) is 78.3 cm³/mol. The summed E-state index contributed by atoms with van der Waals surface area (Å²) in [5.41, 5.74) is 7.65. The van der Waals surface area contributed by atoms with Gasteiger partial charge in [0.2, 0.25) is 5.95 Å². The number of hydrogen-bond donors (Lipinski definition) is 2. The number of pyridine rings is 1. The Hall–Kier alpha value is -1.62. The van der Waals surface area contributed by atoms with Crippen molar-refractivity contribution in [3.8, 4) is 0 Å². The van der Waals surface area contributed by atoms with Crippen LogP contribution in [0.2, 0.25) is 0 Å². The highest BCUT2D eigenvalue weighted by Crippen LogP contribution is 2.20. The summed E-state index contributed by atoms with van der Waals surface area (Å²) in [5.74, 6) is 1.21. The van der Waals surface area contributed by atoms with Crippen LogP contribution in [0.3, 0.4) is 0 Å². The smallest absolute Gasteiger partial charge is 0.243 e. The van der Waals surface area contributed by atoms with Crippen molar-refractivity contribution in [2.24, 2.45) is 11.7 Å². The van der Waals surface area contributed by atoms with Gasteiger partial charge in [0, 0.05) is 17.8 Å². The van der Waals surface area contributed by atoms with E-state index < -0.39 is 0 Å². The fourth-order valence-electron chi connectivity index (χ4n) is 2.44. The van der Waals surface area contributed by atoms with Gasteiger partial charge in [-0.05, 0) is 38.3 Å². The Labute approximate surface area is 114 Å². The van der Waals surface area contributed by atoms with Crippen molar-refractivity contribution in [1.82, 2.24) is 14.6 Å². The highest BCUT2D eigenvalue weighted by molar-refractivity contribution is 5.45. The number of fused-ring (bicyclic) bond motifs is 1. The largest absolute Gasteiger partial charge is 0.346 e. The number of nitrogens with one attached hydrogen (secondary N) is 1. The lowest BCUT2D eigenvalue weighted by Gasteiger charge is -2.30. The van der Waals surface area contributed by atoms with Gasteiger partial charge in [-0.15, -0.1) is 5.10 Å². The predicted octanol–water partition coefficient (Wildman–Crippen LogP) is 2.21. The molecule has 0 spiro atoms. The molecule has 3 N–H and O–H groups in total. The second-order valence-corrected chi connectivity index (χ2v) is 5.86. The van der Waals surface area contributed by atoms with Crippen LogP contribution in [-0.2, 0) is 0 Å². The molecule has 2 heterocycles. The Kier molecular flexibility index (Phi) is 3.75. The second-order valence-electron chi connectivity index (χ2n) is 5.86. The lowest BCUT2D eigenvalue weighted by molar-refractivity contribution is 0.405. The zero-order valence-electron chi connectivity index (χ0n) is 12.1. The van der Waals surface area contributed by atoms with Gasteiger partial charge >= 0.3 is 0 Å². The molecule has 2 rings (SSSR count). The Bertz CT molecular complexity index is 560. The first kappa shape index (κ1) is 13.8. The third kappa shape index (κ3) is 3.04. The lowest BCUT2D eigenvalue weighted by Crippen LogP contribution is -2.44. The molecule has 0 amide bonds. The van der Waals surface area contributed by atoms with E-state index in [1.165, 1.54) is 0 Å². The van der Waals surface area contributed by atoms with E-state index in [4.69, 9.17) is 5.73 Å². The SMILES string of the molecule is Cc1cccc2nc(NC(C)(CN)CC(C)C)nn12. The van der Waals surface area contributed by atoms with Gasteiger partial charge in [-0.2, -0.15) is 4.98 Å². The lowest BCUT2D eigenvalue weighted by atomic mass is 9.91. The molecule has 0 aromatic carbocycles. The van der Waals surface area contributed by atoms with Crippen LogP contribution in [0.15, 0.2) is 18.2 Å². The summed E-state index contributed by atoms with van der Waals surface area (Å²) in [6, 6.07) is 5.95. The molecule has 1 unspecified atom stereocenters. The average molecular weight is 261 g/mol. The Morgan fingerprint density at radius 3 is 2.74 bits per heavy atom. The van der Waals surface area contributed by atoms with Crippen LogP contribution in [-0.4, -0.2) is 26.7 Å². The van der Waals surface area contributed by atoms with Crippen molar-refractivity contribution >= 4 is 11.6 Å². The van der Waals surface area contributed by atoms with E-state index in [9.17, 15) is 0 Å². The molecule has 0 saturated heterocycles. The van der Waals surface area contributed by atoms with Crippen LogP contribution in [0.25, 0.3) is 5.65 Å². The molecule has 1 atom stereocenters. The molecule has 0 aliphatic carbocycles. The number of nitrogens with two attached hydrogens (primary N) is 1. The second kappa shape index (κ2) is 5.17. The number of anilines is 1. The van der Waals surface area contributed by atoms with Gasteiger partial charge in [0.05, 0.1) is 0 Å². The zero-order valence-corrected chi connectivity index (χ0v) is 12.1. The standard InChI is InChI=1S/C14H23N5/c1-10(2)8-14(4,9-15)17-13-16-12-7-5-6-11(3)19(12)18-13/h5-7,10H,8-9,15H2,1-4H3,(H,17,18). The van der Waals surface area contributed by atoms with Crippen molar-refractivity contribution in [3.63, 3.8) is 0 Å².